The van der Waals surface area contributed by atoms with Crippen molar-refractivity contribution >= 4 is 39.0 Å². The van der Waals surface area contributed by atoms with Crippen molar-refractivity contribution in [3.05, 3.63) is 62.4 Å². The molecule has 0 aliphatic rings. The van der Waals surface area contributed by atoms with Gasteiger partial charge in [-0.15, -0.1) is 0 Å². The van der Waals surface area contributed by atoms with Gasteiger partial charge >= 0.3 is 11.7 Å². The zero-order valence-corrected chi connectivity index (χ0v) is 11.9. The van der Waals surface area contributed by atoms with E-state index < -0.39 is 22.4 Å². The number of hydrogen-bond donors (Lipinski definition) is 2. The summed E-state index contributed by atoms with van der Waals surface area (Å²) in [4.78, 5) is 20.9. The maximum Gasteiger partial charge on any atom is 0.335 e. The fourth-order valence-electron chi connectivity index (χ4n) is 1.70. The van der Waals surface area contributed by atoms with Crippen LogP contribution in [0.5, 0.6) is 0 Å². The molecule has 0 spiro atoms. The number of carboxylic acid groups (broad SMARTS) is 1. The molecule has 2 N–H and O–H groups in total. The highest BCUT2D eigenvalue weighted by atomic mass is 79.9. The average molecular weight is 355 g/mol. The largest absolute Gasteiger partial charge is 0.478 e. The predicted octanol–water partition coefficient (Wildman–Crippen LogP) is 3.94. The van der Waals surface area contributed by atoms with E-state index in [0.717, 1.165) is 6.07 Å². The molecule has 0 radical (unpaired) electrons. The first-order chi connectivity index (χ1) is 9.90. The third-order valence-electron chi connectivity index (χ3n) is 2.65. The first-order valence-corrected chi connectivity index (χ1v) is 6.42. The molecule has 0 aliphatic carbocycles. The van der Waals surface area contributed by atoms with Gasteiger partial charge in [-0.3, -0.25) is 10.1 Å². The van der Waals surface area contributed by atoms with E-state index in [9.17, 15) is 19.3 Å². The smallest absolute Gasteiger partial charge is 0.335 e. The molecule has 21 heavy (non-hydrogen) atoms. The molecule has 0 unspecified atom stereocenters. The van der Waals surface area contributed by atoms with Gasteiger partial charge < -0.3 is 10.4 Å². The lowest BCUT2D eigenvalue weighted by Gasteiger charge is -2.10. The lowest BCUT2D eigenvalue weighted by atomic mass is 10.2. The number of hydrogen-bond acceptors (Lipinski definition) is 4. The minimum atomic E-state index is -1.10. The second-order valence-electron chi connectivity index (χ2n) is 4.02. The van der Waals surface area contributed by atoms with Gasteiger partial charge in [0, 0.05) is 4.47 Å². The molecule has 0 saturated heterocycles. The number of carboxylic acids is 1. The maximum atomic E-state index is 13.5. The Morgan fingerprint density at radius 3 is 2.57 bits per heavy atom. The Labute approximate surface area is 126 Å². The lowest BCUT2D eigenvalue weighted by molar-refractivity contribution is -0.386. The van der Waals surface area contributed by atoms with Crippen molar-refractivity contribution in [3.8, 4) is 0 Å². The van der Waals surface area contributed by atoms with Crippen molar-refractivity contribution in [2.45, 2.75) is 0 Å². The van der Waals surface area contributed by atoms with Crippen LogP contribution in [-0.4, -0.2) is 16.0 Å². The Hall–Kier alpha value is -2.48. The number of anilines is 2. The number of carbonyl (C=O) groups is 1. The van der Waals surface area contributed by atoms with Crippen LogP contribution >= 0.6 is 15.9 Å². The van der Waals surface area contributed by atoms with E-state index in [-0.39, 0.29) is 11.3 Å². The Morgan fingerprint density at radius 1 is 1.29 bits per heavy atom. The average Bonchev–Trinajstić information content (AvgIpc) is 2.40. The fraction of sp³-hybridized carbons (Fsp3) is 0. The van der Waals surface area contributed by atoms with Gasteiger partial charge in [-0.25, -0.2) is 4.79 Å². The van der Waals surface area contributed by atoms with Gasteiger partial charge in [0.2, 0.25) is 5.82 Å². The normalized spacial score (nSPS) is 10.2. The Balaban J connectivity index is 2.42. The molecule has 6 nitrogen and oxygen atoms in total. The van der Waals surface area contributed by atoms with Crippen LogP contribution in [0, 0.1) is 15.9 Å². The van der Waals surface area contributed by atoms with Crippen LogP contribution in [0.2, 0.25) is 0 Å². The number of para-hydroxylation sites is 1. The van der Waals surface area contributed by atoms with Gasteiger partial charge in [-0.1, -0.05) is 6.07 Å². The van der Waals surface area contributed by atoms with Crippen LogP contribution in [-0.2, 0) is 0 Å². The summed E-state index contributed by atoms with van der Waals surface area (Å²) in [5.41, 5.74) is -0.259. The van der Waals surface area contributed by atoms with Crippen molar-refractivity contribution < 1.29 is 19.2 Å². The summed E-state index contributed by atoms with van der Waals surface area (Å²) in [5, 5.41) is 22.5. The molecular formula is C13H8BrFN2O4. The van der Waals surface area contributed by atoms with E-state index in [2.05, 4.69) is 21.2 Å². The van der Waals surface area contributed by atoms with E-state index in [1.165, 1.54) is 30.3 Å². The van der Waals surface area contributed by atoms with Crippen LogP contribution in [0.1, 0.15) is 10.4 Å². The fourth-order valence-corrected chi connectivity index (χ4v) is 2.17. The second-order valence-corrected chi connectivity index (χ2v) is 4.87. The Kier molecular flexibility index (Phi) is 4.18. The number of benzene rings is 2. The zero-order valence-electron chi connectivity index (χ0n) is 10.3. The van der Waals surface area contributed by atoms with Gasteiger partial charge in [0.1, 0.15) is 5.69 Å². The predicted molar refractivity (Wildman–Crippen MR) is 77.4 cm³/mol. The van der Waals surface area contributed by atoms with Gasteiger partial charge in [-0.2, -0.15) is 4.39 Å². The SMILES string of the molecule is O=C(O)c1ccc(Nc2cccc(F)c2[N+](=O)[O-])c(Br)c1. The molecule has 0 heterocycles. The first kappa shape index (κ1) is 14.9. The number of halogens is 2. The summed E-state index contributed by atoms with van der Waals surface area (Å²) in [6, 6.07) is 7.80. The molecule has 0 bridgehead atoms. The molecule has 0 aliphatic heterocycles. The molecule has 0 saturated carbocycles. The minimum Gasteiger partial charge on any atom is -0.478 e. The highest BCUT2D eigenvalue weighted by molar-refractivity contribution is 9.10. The minimum absolute atomic E-state index is 0.0243. The first-order valence-electron chi connectivity index (χ1n) is 5.63. The van der Waals surface area contributed by atoms with Crippen molar-refractivity contribution in [2.75, 3.05) is 5.32 Å². The van der Waals surface area contributed by atoms with E-state index in [1.807, 2.05) is 0 Å². The van der Waals surface area contributed by atoms with Crippen LogP contribution < -0.4 is 5.32 Å². The number of nitro groups is 1. The van der Waals surface area contributed by atoms with Crippen molar-refractivity contribution in [1.82, 2.24) is 0 Å². The monoisotopic (exact) mass is 354 g/mol. The molecule has 0 fully saturated rings. The summed E-state index contributed by atoms with van der Waals surface area (Å²) in [7, 11) is 0. The van der Waals surface area contributed by atoms with Gasteiger partial charge in [0.15, 0.2) is 0 Å². The number of aromatic carboxylic acids is 1. The van der Waals surface area contributed by atoms with Crippen molar-refractivity contribution in [3.63, 3.8) is 0 Å². The summed E-state index contributed by atoms with van der Waals surface area (Å²) >= 11 is 3.16. The van der Waals surface area contributed by atoms with Crippen LogP contribution in [0.4, 0.5) is 21.5 Å². The second kappa shape index (κ2) is 5.88. The van der Waals surface area contributed by atoms with E-state index in [4.69, 9.17) is 5.11 Å². The van der Waals surface area contributed by atoms with E-state index in [1.54, 1.807) is 0 Å². The van der Waals surface area contributed by atoms with Crippen LogP contribution in [0.25, 0.3) is 0 Å². The molecule has 0 atom stereocenters. The third-order valence-corrected chi connectivity index (χ3v) is 3.31. The number of nitro benzene ring substituents is 1. The molecule has 0 aromatic heterocycles. The van der Waals surface area contributed by atoms with E-state index >= 15 is 0 Å². The number of nitrogens with one attached hydrogen (secondary N) is 1. The quantitative estimate of drug-likeness (QED) is 0.640. The number of nitrogens with zero attached hydrogens (tertiary/aromatic N) is 1. The van der Waals surface area contributed by atoms with Gasteiger partial charge in [-0.05, 0) is 46.3 Å². The zero-order chi connectivity index (χ0) is 15.6. The highest BCUT2D eigenvalue weighted by Crippen LogP contribution is 2.33. The molecule has 8 heteroatoms. The van der Waals surface area contributed by atoms with Crippen LogP contribution in [0.3, 0.4) is 0 Å². The van der Waals surface area contributed by atoms with Gasteiger partial charge in [0.05, 0.1) is 16.2 Å². The third kappa shape index (κ3) is 3.16. The molecule has 2 aromatic carbocycles. The summed E-state index contributed by atoms with van der Waals surface area (Å²) in [5.74, 6) is -2.05. The standard InChI is InChI=1S/C13H8BrFN2O4/c14-8-6-7(13(18)19)4-5-10(8)16-11-3-1-2-9(15)12(11)17(20)21/h1-6,16H,(H,18,19). The molecular weight excluding hydrogens is 347 g/mol. The number of rotatable bonds is 4. The topological polar surface area (TPSA) is 92.5 Å². The summed E-state index contributed by atoms with van der Waals surface area (Å²) in [6.45, 7) is 0. The van der Waals surface area contributed by atoms with E-state index in [0.29, 0.717) is 10.2 Å². The summed E-state index contributed by atoms with van der Waals surface area (Å²) < 4.78 is 13.9. The molecule has 2 rings (SSSR count). The molecule has 2 aromatic rings. The lowest BCUT2D eigenvalue weighted by Crippen LogP contribution is -2.01. The molecule has 108 valence electrons. The molecule has 0 amide bonds. The Bertz CT molecular complexity index is 736. The van der Waals surface area contributed by atoms with Crippen LogP contribution in [0.15, 0.2) is 40.9 Å². The van der Waals surface area contributed by atoms with Crippen molar-refractivity contribution in [2.24, 2.45) is 0 Å². The van der Waals surface area contributed by atoms with Crippen molar-refractivity contribution in [1.29, 1.82) is 0 Å². The Morgan fingerprint density at radius 2 is 2.00 bits per heavy atom. The maximum absolute atomic E-state index is 13.5. The van der Waals surface area contributed by atoms with Gasteiger partial charge in [0.25, 0.3) is 0 Å². The highest BCUT2D eigenvalue weighted by Gasteiger charge is 2.20. The summed E-state index contributed by atoms with van der Waals surface area (Å²) in [6.07, 6.45) is 0.